The van der Waals surface area contributed by atoms with E-state index >= 15 is 0 Å². The normalized spacial score (nSPS) is 19.5. The van der Waals surface area contributed by atoms with Gasteiger partial charge in [-0.3, -0.25) is 0 Å². The average Bonchev–Trinajstić information content (AvgIpc) is 2.91. The molecule has 0 radical (unpaired) electrons. The molecule has 1 rings (SSSR count). The second kappa shape index (κ2) is 4.83. The minimum atomic E-state index is -2.98. The van der Waals surface area contributed by atoms with Crippen LogP contribution in [0.2, 0.25) is 0 Å². The third-order valence-corrected chi connectivity index (χ3v) is 5.02. The predicted octanol–water partition coefficient (Wildman–Crippen LogP) is 2.24. The highest BCUT2D eigenvalue weighted by Gasteiger charge is 2.39. The molecule has 0 atom stereocenters. The smallest absolute Gasteiger partial charge is 0.210 e. The van der Waals surface area contributed by atoms with Gasteiger partial charge < -0.3 is 0 Å². The second-order valence-electron chi connectivity index (χ2n) is 4.90. The van der Waals surface area contributed by atoms with Gasteiger partial charge in [-0.25, -0.2) is 12.7 Å². The van der Waals surface area contributed by atoms with Gasteiger partial charge >= 0.3 is 0 Å². The van der Waals surface area contributed by atoms with Gasteiger partial charge in [-0.15, -0.1) is 0 Å². The summed E-state index contributed by atoms with van der Waals surface area (Å²) in [4.78, 5) is 0. The van der Waals surface area contributed by atoms with Crippen LogP contribution in [0.15, 0.2) is 0 Å². The molecule has 0 N–H and O–H groups in total. The molecule has 90 valence electrons. The van der Waals surface area contributed by atoms with Gasteiger partial charge in [0.25, 0.3) is 0 Å². The van der Waals surface area contributed by atoms with Gasteiger partial charge in [0.2, 0.25) is 10.0 Å². The topological polar surface area (TPSA) is 37.4 Å². The minimum absolute atomic E-state index is 0.643. The summed E-state index contributed by atoms with van der Waals surface area (Å²) < 4.78 is 23.7. The van der Waals surface area contributed by atoms with E-state index in [0.717, 1.165) is 12.8 Å². The van der Waals surface area contributed by atoms with Crippen molar-refractivity contribution in [1.82, 2.24) is 4.31 Å². The monoisotopic (exact) mass is 233 g/mol. The molecule has 15 heavy (non-hydrogen) atoms. The van der Waals surface area contributed by atoms with E-state index < -0.39 is 10.0 Å². The highest BCUT2D eigenvalue weighted by Crippen LogP contribution is 2.52. The van der Waals surface area contributed by atoms with Crippen LogP contribution in [0.5, 0.6) is 0 Å². The summed E-state index contributed by atoms with van der Waals surface area (Å²) in [5.41, 5.74) is 0.643. The number of nitrogens with zero attached hydrogens (tertiary/aromatic N) is 1. The number of rotatable bonds is 7. The summed E-state index contributed by atoms with van der Waals surface area (Å²) in [6.45, 7) is 2.92. The average molecular weight is 233 g/mol. The SMILES string of the molecule is CCC1(CCCCN(C)S(C)(=O)=O)CC1. The summed E-state index contributed by atoms with van der Waals surface area (Å²) in [5.74, 6) is 0. The molecule has 0 heterocycles. The van der Waals surface area contributed by atoms with Gasteiger partial charge in [-0.2, -0.15) is 0 Å². The lowest BCUT2D eigenvalue weighted by Gasteiger charge is -2.15. The van der Waals surface area contributed by atoms with E-state index in [1.165, 1.54) is 36.2 Å². The second-order valence-corrected chi connectivity index (χ2v) is 6.98. The lowest BCUT2D eigenvalue weighted by molar-refractivity contribution is 0.400. The van der Waals surface area contributed by atoms with Crippen molar-refractivity contribution in [2.45, 2.75) is 45.4 Å². The number of sulfonamides is 1. The Balaban J connectivity index is 2.12. The molecule has 0 aromatic rings. The molecule has 4 heteroatoms. The fourth-order valence-corrected chi connectivity index (χ4v) is 2.42. The van der Waals surface area contributed by atoms with Gasteiger partial charge in [-0.1, -0.05) is 19.8 Å². The summed E-state index contributed by atoms with van der Waals surface area (Å²) in [6.07, 6.45) is 8.74. The minimum Gasteiger partial charge on any atom is -0.213 e. The summed E-state index contributed by atoms with van der Waals surface area (Å²) >= 11 is 0. The fraction of sp³-hybridized carbons (Fsp3) is 1.00. The Bertz CT molecular complexity index is 294. The third kappa shape index (κ3) is 4.11. The van der Waals surface area contributed by atoms with E-state index in [1.54, 1.807) is 7.05 Å². The Morgan fingerprint density at radius 1 is 1.27 bits per heavy atom. The Morgan fingerprint density at radius 2 is 1.87 bits per heavy atom. The molecule has 1 fully saturated rings. The summed E-state index contributed by atoms with van der Waals surface area (Å²) in [6, 6.07) is 0. The lowest BCUT2D eigenvalue weighted by atomic mass is 9.96. The van der Waals surface area contributed by atoms with Crippen LogP contribution in [0, 0.1) is 5.41 Å². The van der Waals surface area contributed by atoms with Crippen molar-refractivity contribution in [3.8, 4) is 0 Å². The van der Waals surface area contributed by atoms with Crippen LogP contribution in [-0.4, -0.2) is 32.6 Å². The summed E-state index contributed by atoms with van der Waals surface area (Å²) in [7, 11) is -1.32. The quantitative estimate of drug-likeness (QED) is 0.632. The molecule has 0 bridgehead atoms. The van der Waals surface area contributed by atoms with Gasteiger partial charge in [-0.05, 0) is 31.1 Å². The third-order valence-electron chi connectivity index (χ3n) is 3.70. The molecule has 1 saturated carbocycles. The van der Waals surface area contributed by atoms with Crippen LogP contribution in [0.4, 0.5) is 0 Å². The highest BCUT2D eigenvalue weighted by atomic mass is 32.2. The van der Waals surface area contributed by atoms with Crippen molar-refractivity contribution in [3.05, 3.63) is 0 Å². The van der Waals surface area contributed by atoms with E-state index in [-0.39, 0.29) is 0 Å². The predicted molar refractivity (Wildman–Crippen MR) is 63.3 cm³/mol. The zero-order valence-corrected chi connectivity index (χ0v) is 10.9. The number of unbranched alkanes of at least 4 members (excludes halogenated alkanes) is 1. The molecule has 0 saturated heterocycles. The van der Waals surface area contributed by atoms with Crippen LogP contribution in [0.3, 0.4) is 0 Å². The zero-order chi connectivity index (χ0) is 11.5. The standard InChI is InChI=1S/C11H23NO2S/c1-4-11(8-9-11)7-5-6-10-12(2)15(3,13)14/h4-10H2,1-3H3. The van der Waals surface area contributed by atoms with Gasteiger partial charge in [0.05, 0.1) is 6.26 Å². The Labute approximate surface area is 93.9 Å². The number of hydrogen-bond donors (Lipinski definition) is 0. The Morgan fingerprint density at radius 3 is 2.27 bits per heavy atom. The van der Waals surface area contributed by atoms with E-state index in [2.05, 4.69) is 6.92 Å². The molecule has 3 nitrogen and oxygen atoms in total. The van der Waals surface area contributed by atoms with Crippen LogP contribution < -0.4 is 0 Å². The lowest BCUT2D eigenvalue weighted by Crippen LogP contribution is -2.26. The highest BCUT2D eigenvalue weighted by molar-refractivity contribution is 7.88. The van der Waals surface area contributed by atoms with Crippen molar-refractivity contribution in [2.75, 3.05) is 19.8 Å². The molecule has 1 aliphatic carbocycles. The van der Waals surface area contributed by atoms with Crippen molar-refractivity contribution in [3.63, 3.8) is 0 Å². The van der Waals surface area contributed by atoms with Crippen molar-refractivity contribution in [2.24, 2.45) is 5.41 Å². The molecule has 0 aliphatic heterocycles. The first kappa shape index (κ1) is 13.0. The Hall–Kier alpha value is -0.0900. The molecule has 0 unspecified atom stereocenters. The van der Waals surface area contributed by atoms with E-state index in [4.69, 9.17) is 0 Å². The van der Waals surface area contributed by atoms with E-state index in [1.807, 2.05) is 0 Å². The number of hydrogen-bond acceptors (Lipinski definition) is 2. The maximum absolute atomic E-state index is 11.1. The van der Waals surface area contributed by atoms with Crippen LogP contribution in [0.1, 0.15) is 45.4 Å². The largest absolute Gasteiger partial charge is 0.213 e. The molecular weight excluding hydrogens is 210 g/mol. The zero-order valence-electron chi connectivity index (χ0n) is 10.1. The maximum Gasteiger partial charge on any atom is 0.210 e. The molecular formula is C11H23NO2S. The Kier molecular flexibility index (Phi) is 4.18. The summed E-state index contributed by atoms with van der Waals surface area (Å²) in [5, 5.41) is 0. The maximum atomic E-state index is 11.1. The van der Waals surface area contributed by atoms with Crippen LogP contribution in [0.25, 0.3) is 0 Å². The first-order chi connectivity index (χ1) is 6.90. The van der Waals surface area contributed by atoms with Gasteiger partial charge in [0, 0.05) is 13.6 Å². The van der Waals surface area contributed by atoms with Gasteiger partial charge in [0.1, 0.15) is 0 Å². The molecule has 0 spiro atoms. The molecule has 0 aromatic carbocycles. The molecule has 0 aromatic heterocycles. The van der Waals surface area contributed by atoms with Crippen molar-refractivity contribution in [1.29, 1.82) is 0 Å². The fourth-order valence-electron chi connectivity index (χ4n) is 1.96. The van der Waals surface area contributed by atoms with Crippen molar-refractivity contribution >= 4 is 10.0 Å². The van der Waals surface area contributed by atoms with E-state index in [0.29, 0.717) is 12.0 Å². The van der Waals surface area contributed by atoms with Gasteiger partial charge in [0.15, 0.2) is 0 Å². The van der Waals surface area contributed by atoms with Crippen LogP contribution in [-0.2, 0) is 10.0 Å². The van der Waals surface area contributed by atoms with E-state index in [9.17, 15) is 8.42 Å². The molecule has 0 amide bonds. The van der Waals surface area contributed by atoms with Crippen molar-refractivity contribution < 1.29 is 8.42 Å². The van der Waals surface area contributed by atoms with Crippen LogP contribution >= 0.6 is 0 Å². The first-order valence-electron chi connectivity index (χ1n) is 5.81. The molecule has 1 aliphatic rings. The first-order valence-corrected chi connectivity index (χ1v) is 7.66.